The van der Waals surface area contributed by atoms with Gasteiger partial charge in [-0.15, -0.1) is 11.3 Å². The zero-order chi connectivity index (χ0) is 15.9. The number of thiophene rings is 1. The summed E-state index contributed by atoms with van der Waals surface area (Å²) in [5.74, 6) is 0.999. The molecule has 122 valence electrons. The SMILES string of the molecule is Cc1ccc(C2CC2C(=O)N2CCN(CC(C)(C)O)CC2)s1. The number of nitrogens with zero attached hydrogens (tertiary/aromatic N) is 2. The number of hydrogen-bond acceptors (Lipinski definition) is 4. The van der Waals surface area contributed by atoms with Gasteiger partial charge in [0.2, 0.25) is 5.91 Å². The summed E-state index contributed by atoms with van der Waals surface area (Å²) in [5, 5.41) is 9.88. The van der Waals surface area contributed by atoms with Gasteiger partial charge in [-0.3, -0.25) is 9.69 Å². The molecule has 0 bridgehead atoms. The second-order valence-corrected chi connectivity index (χ2v) is 8.63. The van der Waals surface area contributed by atoms with Crippen LogP contribution >= 0.6 is 11.3 Å². The molecule has 22 heavy (non-hydrogen) atoms. The van der Waals surface area contributed by atoms with Gasteiger partial charge in [-0.05, 0) is 39.3 Å². The quantitative estimate of drug-likeness (QED) is 0.923. The van der Waals surface area contributed by atoms with Crippen molar-refractivity contribution in [3.63, 3.8) is 0 Å². The van der Waals surface area contributed by atoms with Crippen LogP contribution in [0.15, 0.2) is 12.1 Å². The van der Waals surface area contributed by atoms with Crippen molar-refractivity contribution in [3.8, 4) is 0 Å². The first-order valence-electron chi connectivity index (χ1n) is 8.13. The zero-order valence-electron chi connectivity index (χ0n) is 13.7. The molecule has 3 rings (SSSR count). The van der Waals surface area contributed by atoms with Crippen LogP contribution in [-0.2, 0) is 4.79 Å². The molecule has 0 spiro atoms. The molecule has 2 fully saturated rings. The number of β-amino-alcohol motifs (C(OH)–C–C–N with tert-alkyl or cyclic N) is 1. The number of piperazine rings is 1. The van der Waals surface area contributed by atoms with E-state index in [1.807, 2.05) is 30.1 Å². The summed E-state index contributed by atoms with van der Waals surface area (Å²) in [7, 11) is 0. The number of carbonyl (C=O) groups excluding carboxylic acids is 1. The van der Waals surface area contributed by atoms with E-state index in [1.165, 1.54) is 9.75 Å². The molecular weight excluding hydrogens is 296 g/mol. The van der Waals surface area contributed by atoms with Crippen molar-refractivity contribution in [1.82, 2.24) is 9.80 Å². The monoisotopic (exact) mass is 322 g/mol. The highest BCUT2D eigenvalue weighted by molar-refractivity contribution is 7.12. The van der Waals surface area contributed by atoms with E-state index in [9.17, 15) is 9.90 Å². The molecule has 0 aromatic carbocycles. The van der Waals surface area contributed by atoms with Gasteiger partial charge in [0.1, 0.15) is 0 Å². The molecule has 2 unspecified atom stereocenters. The lowest BCUT2D eigenvalue weighted by molar-refractivity contribution is -0.134. The lowest BCUT2D eigenvalue weighted by Gasteiger charge is -2.37. The summed E-state index contributed by atoms with van der Waals surface area (Å²) in [6.07, 6.45) is 1.02. The highest BCUT2D eigenvalue weighted by Gasteiger charge is 2.46. The van der Waals surface area contributed by atoms with Gasteiger partial charge >= 0.3 is 0 Å². The average Bonchev–Trinajstić information content (AvgIpc) is 3.12. The van der Waals surface area contributed by atoms with Crippen molar-refractivity contribution in [2.75, 3.05) is 32.7 Å². The molecule has 1 N–H and O–H groups in total. The Morgan fingerprint density at radius 2 is 2.00 bits per heavy atom. The lowest BCUT2D eigenvalue weighted by atomic mass is 10.1. The van der Waals surface area contributed by atoms with E-state index in [1.54, 1.807) is 0 Å². The Balaban J connectivity index is 1.49. The minimum Gasteiger partial charge on any atom is -0.389 e. The van der Waals surface area contributed by atoms with Crippen molar-refractivity contribution in [2.24, 2.45) is 5.92 Å². The van der Waals surface area contributed by atoms with Crippen LogP contribution in [0.2, 0.25) is 0 Å². The smallest absolute Gasteiger partial charge is 0.226 e. The van der Waals surface area contributed by atoms with Crippen LogP contribution in [0.3, 0.4) is 0 Å². The molecule has 0 radical (unpaired) electrons. The largest absolute Gasteiger partial charge is 0.389 e. The second kappa shape index (κ2) is 5.95. The maximum Gasteiger partial charge on any atom is 0.226 e. The number of aliphatic hydroxyl groups is 1. The third-order valence-corrected chi connectivity index (χ3v) is 5.66. The molecule has 1 aliphatic heterocycles. The minimum absolute atomic E-state index is 0.207. The van der Waals surface area contributed by atoms with Crippen LogP contribution in [0, 0.1) is 12.8 Å². The molecule has 1 saturated carbocycles. The highest BCUT2D eigenvalue weighted by atomic mass is 32.1. The molecule has 1 aromatic heterocycles. The van der Waals surface area contributed by atoms with Gasteiger partial charge in [0.05, 0.1) is 5.60 Å². The Morgan fingerprint density at radius 1 is 1.32 bits per heavy atom. The molecule has 4 nitrogen and oxygen atoms in total. The Morgan fingerprint density at radius 3 is 2.55 bits per heavy atom. The Labute approximate surface area is 136 Å². The van der Waals surface area contributed by atoms with Gasteiger partial charge in [0, 0.05) is 54.3 Å². The van der Waals surface area contributed by atoms with Gasteiger partial charge in [-0.2, -0.15) is 0 Å². The summed E-state index contributed by atoms with van der Waals surface area (Å²) >= 11 is 1.83. The Bertz CT molecular complexity index is 541. The lowest BCUT2D eigenvalue weighted by Crippen LogP contribution is -2.52. The normalized spacial score (nSPS) is 26.3. The first-order valence-corrected chi connectivity index (χ1v) is 8.95. The van der Waals surface area contributed by atoms with Crippen molar-refractivity contribution < 1.29 is 9.90 Å². The van der Waals surface area contributed by atoms with E-state index in [-0.39, 0.29) is 5.92 Å². The maximum absolute atomic E-state index is 12.6. The van der Waals surface area contributed by atoms with Gasteiger partial charge in [0.15, 0.2) is 0 Å². The van der Waals surface area contributed by atoms with Crippen LogP contribution in [0.4, 0.5) is 0 Å². The van der Waals surface area contributed by atoms with Crippen molar-refractivity contribution in [3.05, 3.63) is 21.9 Å². The number of hydrogen-bond donors (Lipinski definition) is 1. The highest BCUT2D eigenvalue weighted by Crippen LogP contribution is 2.50. The van der Waals surface area contributed by atoms with Crippen molar-refractivity contribution in [1.29, 1.82) is 0 Å². The topological polar surface area (TPSA) is 43.8 Å². The van der Waals surface area contributed by atoms with Crippen LogP contribution < -0.4 is 0 Å². The van der Waals surface area contributed by atoms with Crippen LogP contribution in [0.1, 0.15) is 35.9 Å². The standard InChI is InChI=1S/C17H26N2O2S/c1-12-4-5-15(22-12)13-10-14(13)16(20)19-8-6-18(7-9-19)11-17(2,3)21/h4-5,13-14,21H,6-11H2,1-3H3. The molecule has 2 heterocycles. The summed E-state index contributed by atoms with van der Waals surface area (Å²) in [5.41, 5.74) is -0.662. The van der Waals surface area contributed by atoms with E-state index in [2.05, 4.69) is 24.0 Å². The van der Waals surface area contributed by atoms with E-state index in [4.69, 9.17) is 0 Å². The molecular formula is C17H26N2O2S. The van der Waals surface area contributed by atoms with Gasteiger partial charge in [-0.1, -0.05) is 0 Å². The number of rotatable bonds is 4. The second-order valence-electron chi connectivity index (χ2n) is 7.31. The van der Waals surface area contributed by atoms with E-state index >= 15 is 0 Å². The van der Waals surface area contributed by atoms with Crippen LogP contribution in [-0.4, -0.2) is 59.1 Å². The average molecular weight is 322 g/mol. The fraction of sp³-hybridized carbons (Fsp3) is 0.706. The van der Waals surface area contributed by atoms with Gasteiger partial charge in [-0.25, -0.2) is 0 Å². The maximum atomic E-state index is 12.6. The molecule has 1 amide bonds. The van der Waals surface area contributed by atoms with Crippen molar-refractivity contribution >= 4 is 17.2 Å². The third kappa shape index (κ3) is 3.70. The van der Waals surface area contributed by atoms with E-state index in [0.29, 0.717) is 18.4 Å². The van der Waals surface area contributed by atoms with E-state index < -0.39 is 5.60 Å². The molecule has 5 heteroatoms. The number of amides is 1. The predicted octanol–water partition coefficient (Wildman–Crippen LogP) is 2.08. The molecule has 1 aliphatic carbocycles. The Hall–Kier alpha value is -0.910. The molecule has 1 saturated heterocycles. The first kappa shape index (κ1) is 16.0. The van der Waals surface area contributed by atoms with Crippen molar-refractivity contribution in [2.45, 2.75) is 38.7 Å². The summed E-state index contributed by atoms with van der Waals surface area (Å²) in [4.78, 5) is 19.6. The van der Waals surface area contributed by atoms with Gasteiger partial charge in [0.25, 0.3) is 0 Å². The van der Waals surface area contributed by atoms with E-state index in [0.717, 1.165) is 32.6 Å². The fourth-order valence-electron chi connectivity index (χ4n) is 3.34. The third-order valence-electron chi connectivity index (χ3n) is 4.53. The summed E-state index contributed by atoms with van der Waals surface area (Å²) in [6, 6.07) is 4.33. The van der Waals surface area contributed by atoms with Crippen LogP contribution in [0.25, 0.3) is 0 Å². The van der Waals surface area contributed by atoms with Gasteiger partial charge < -0.3 is 10.0 Å². The zero-order valence-corrected chi connectivity index (χ0v) is 14.5. The summed E-state index contributed by atoms with van der Waals surface area (Å²) in [6.45, 7) is 9.79. The Kier molecular flexibility index (Phi) is 4.32. The molecule has 2 aliphatic rings. The number of carbonyl (C=O) groups is 1. The number of aryl methyl sites for hydroxylation is 1. The first-order chi connectivity index (χ1) is 10.3. The van der Waals surface area contributed by atoms with Crippen LogP contribution in [0.5, 0.6) is 0 Å². The molecule has 2 atom stereocenters. The fourth-order valence-corrected chi connectivity index (χ4v) is 4.40. The molecule has 1 aromatic rings. The minimum atomic E-state index is -0.662. The predicted molar refractivity (Wildman–Crippen MR) is 89.2 cm³/mol. The summed E-state index contributed by atoms with van der Waals surface area (Å²) < 4.78 is 0.